The van der Waals surface area contributed by atoms with Gasteiger partial charge in [-0.25, -0.2) is 4.79 Å². The first-order chi connectivity index (χ1) is 11.3. The van der Waals surface area contributed by atoms with Crippen molar-refractivity contribution in [2.45, 2.75) is 57.5 Å². The van der Waals surface area contributed by atoms with Gasteiger partial charge in [0, 0.05) is 6.54 Å². The molecular formula is C17H26N2O5. The van der Waals surface area contributed by atoms with Gasteiger partial charge in [0.25, 0.3) is 5.91 Å². The van der Waals surface area contributed by atoms with Gasteiger partial charge < -0.3 is 15.2 Å². The lowest BCUT2D eigenvalue weighted by Crippen LogP contribution is -2.56. The predicted molar refractivity (Wildman–Crippen MR) is 84.9 cm³/mol. The quantitative estimate of drug-likeness (QED) is 0.651. The van der Waals surface area contributed by atoms with E-state index in [1.165, 1.54) is 0 Å². The number of nitrogens with one attached hydrogen (secondary N) is 2. The molecule has 0 aromatic heterocycles. The first-order valence-corrected chi connectivity index (χ1v) is 8.77. The molecule has 0 heterocycles. The van der Waals surface area contributed by atoms with E-state index < -0.39 is 30.1 Å². The smallest absolute Gasteiger partial charge is 0.321 e. The van der Waals surface area contributed by atoms with E-state index in [1.807, 2.05) is 0 Å². The lowest BCUT2D eigenvalue weighted by atomic mass is 9.47. The average molecular weight is 338 g/mol. The van der Waals surface area contributed by atoms with Gasteiger partial charge >= 0.3 is 12.0 Å². The summed E-state index contributed by atoms with van der Waals surface area (Å²) in [6.45, 7) is 1.69. The molecule has 4 rings (SSSR count). The van der Waals surface area contributed by atoms with Crippen molar-refractivity contribution in [3.63, 3.8) is 0 Å². The molecule has 0 aromatic rings. The van der Waals surface area contributed by atoms with Crippen molar-refractivity contribution in [1.82, 2.24) is 10.6 Å². The number of imide groups is 1. The van der Waals surface area contributed by atoms with E-state index in [0.717, 1.165) is 32.1 Å². The Kier molecular flexibility index (Phi) is 4.55. The van der Waals surface area contributed by atoms with E-state index in [1.54, 1.807) is 6.92 Å². The number of aliphatic hydroxyl groups is 1. The van der Waals surface area contributed by atoms with E-state index in [4.69, 9.17) is 4.74 Å². The minimum atomic E-state index is -0.640. The number of hydrogen-bond donors (Lipinski definition) is 3. The van der Waals surface area contributed by atoms with Gasteiger partial charge in [0.2, 0.25) is 0 Å². The zero-order valence-corrected chi connectivity index (χ0v) is 14.1. The van der Waals surface area contributed by atoms with Crippen molar-refractivity contribution >= 4 is 17.9 Å². The van der Waals surface area contributed by atoms with Crippen LogP contribution < -0.4 is 10.6 Å². The molecule has 4 saturated carbocycles. The van der Waals surface area contributed by atoms with Crippen LogP contribution in [-0.2, 0) is 14.3 Å². The van der Waals surface area contributed by atoms with Crippen molar-refractivity contribution < 1.29 is 24.2 Å². The molecule has 0 spiro atoms. The van der Waals surface area contributed by atoms with Gasteiger partial charge in [-0.3, -0.25) is 14.9 Å². The van der Waals surface area contributed by atoms with Crippen molar-refractivity contribution in [3.8, 4) is 0 Å². The van der Waals surface area contributed by atoms with E-state index in [-0.39, 0.29) is 11.8 Å². The van der Waals surface area contributed by atoms with E-state index >= 15 is 0 Å². The summed E-state index contributed by atoms with van der Waals surface area (Å²) in [6, 6.07) is -0.596. The van der Waals surface area contributed by atoms with Crippen molar-refractivity contribution in [2.24, 2.45) is 17.3 Å². The first kappa shape index (κ1) is 17.2. The van der Waals surface area contributed by atoms with Gasteiger partial charge in [-0.2, -0.15) is 0 Å². The Bertz CT molecular complexity index is 533. The van der Waals surface area contributed by atoms with Gasteiger partial charge in [-0.05, 0) is 62.7 Å². The second-order valence-electron chi connectivity index (χ2n) is 7.93. The number of esters is 1. The summed E-state index contributed by atoms with van der Waals surface area (Å²) >= 11 is 0. The fourth-order valence-electron chi connectivity index (χ4n) is 5.48. The molecule has 0 radical (unpaired) electrons. The molecule has 4 aliphatic rings. The van der Waals surface area contributed by atoms with Crippen LogP contribution in [0.2, 0.25) is 0 Å². The van der Waals surface area contributed by atoms with Gasteiger partial charge in [-0.15, -0.1) is 0 Å². The molecule has 3 N–H and O–H groups in total. The standard InChI is InChI=1S/C17H26N2O5/c1-2-18-15(22)19-13(20)9-24-14(21)8-16-4-11-3-12(5-16)7-17(23,6-11)10-16/h11-12,23H,2-10H2,1H3,(H2,18,19,20,22)/t11-,12+,16?,17?. The molecule has 4 bridgehead atoms. The maximum atomic E-state index is 12.2. The zero-order valence-electron chi connectivity index (χ0n) is 14.1. The van der Waals surface area contributed by atoms with Crippen molar-refractivity contribution in [1.29, 1.82) is 0 Å². The maximum absolute atomic E-state index is 12.2. The molecule has 7 nitrogen and oxygen atoms in total. The van der Waals surface area contributed by atoms with Crippen LogP contribution in [0.3, 0.4) is 0 Å². The van der Waals surface area contributed by atoms with Gasteiger partial charge in [0.15, 0.2) is 6.61 Å². The molecule has 4 aliphatic carbocycles. The Hall–Kier alpha value is -1.63. The molecular weight excluding hydrogens is 312 g/mol. The normalized spacial score (nSPS) is 36.2. The number of urea groups is 1. The summed E-state index contributed by atoms with van der Waals surface area (Å²) in [5.74, 6) is -0.0554. The fourth-order valence-corrected chi connectivity index (χ4v) is 5.48. The second-order valence-corrected chi connectivity index (χ2v) is 7.93. The third-order valence-electron chi connectivity index (χ3n) is 5.63. The average Bonchev–Trinajstić information content (AvgIpc) is 2.42. The number of rotatable bonds is 5. The molecule has 0 saturated heterocycles. The number of carbonyl (C=O) groups excluding carboxylic acids is 3. The summed E-state index contributed by atoms with van der Waals surface area (Å²) < 4.78 is 5.04. The highest BCUT2D eigenvalue weighted by Gasteiger charge is 2.57. The summed E-state index contributed by atoms with van der Waals surface area (Å²) in [7, 11) is 0. The van der Waals surface area contributed by atoms with Crippen LogP contribution in [0.4, 0.5) is 4.79 Å². The lowest BCUT2D eigenvalue weighted by molar-refractivity contribution is -0.177. The Balaban J connectivity index is 1.49. The van der Waals surface area contributed by atoms with E-state index in [0.29, 0.717) is 24.8 Å². The number of hydrogen-bond acceptors (Lipinski definition) is 5. The highest BCUT2D eigenvalue weighted by molar-refractivity contribution is 5.95. The largest absolute Gasteiger partial charge is 0.456 e. The van der Waals surface area contributed by atoms with Crippen molar-refractivity contribution in [3.05, 3.63) is 0 Å². The molecule has 3 amide bonds. The Morgan fingerprint density at radius 1 is 1.17 bits per heavy atom. The first-order valence-electron chi connectivity index (χ1n) is 8.77. The number of carbonyl (C=O) groups is 3. The number of ether oxygens (including phenoxy) is 1. The lowest BCUT2D eigenvalue weighted by Gasteiger charge is -2.60. The summed E-state index contributed by atoms with van der Waals surface area (Å²) in [5, 5.41) is 15.2. The summed E-state index contributed by atoms with van der Waals surface area (Å²) in [5.41, 5.74) is -0.786. The zero-order chi connectivity index (χ0) is 17.4. The fraction of sp³-hybridized carbons (Fsp3) is 0.824. The topological polar surface area (TPSA) is 105 Å². The predicted octanol–water partition coefficient (Wildman–Crippen LogP) is 1.10. The van der Waals surface area contributed by atoms with Crippen LogP contribution in [-0.4, -0.2) is 41.8 Å². The summed E-state index contributed by atoms with van der Waals surface area (Å²) in [4.78, 5) is 34.9. The molecule has 2 unspecified atom stereocenters. The SMILES string of the molecule is CCNC(=O)NC(=O)COC(=O)CC12C[C@@H]3C[C@@H](CC(O)(C3)C1)C2. The molecule has 4 fully saturated rings. The van der Waals surface area contributed by atoms with Crippen LogP contribution in [0.25, 0.3) is 0 Å². The van der Waals surface area contributed by atoms with E-state index in [9.17, 15) is 19.5 Å². The second kappa shape index (κ2) is 6.35. The Morgan fingerprint density at radius 3 is 2.42 bits per heavy atom. The Morgan fingerprint density at radius 2 is 1.83 bits per heavy atom. The number of amides is 3. The van der Waals surface area contributed by atoms with Crippen LogP contribution in [0.5, 0.6) is 0 Å². The molecule has 0 aliphatic heterocycles. The molecule has 134 valence electrons. The van der Waals surface area contributed by atoms with Crippen LogP contribution >= 0.6 is 0 Å². The molecule has 4 atom stereocenters. The minimum Gasteiger partial charge on any atom is -0.456 e. The van der Waals surface area contributed by atoms with Crippen LogP contribution in [0.15, 0.2) is 0 Å². The van der Waals surface area contributed by atoms with Gasteiger partial charge in [0.05, 0.1) is 12.0 Å². The highest BCUT2D eigenvalue weighted by Crippen LogP contribution is 2.62. The maximum Gasteiger partial charge on any atom is 0.321 e. The third-order valence-corrected chi connectivity index (χ3v) is 5.63. The molecule has 24 heavy (non-hydrogen) atoms. The monoisotopic (exact) mass is 338 g/mol. The van der Waals surface area contributed by atoms with Crippen LogP contribution in [0.1, 0.15) is 51.9 Å². The third kappa shape index (κ3) is 3.71. The Labute approximate surface area is 141 Å². The van der Waals surface area contributed by atoms with Gasteiger partial charge in [-0.1, -0.05) is 0 Å². The van der Waals surface area contributed by atoms with Crippen molar-refractivity contribution in [2.75, 3.05) is 13.2 Å². The summed E-state index contributed by atoms with van der Waals surface area (Å²) in [6.07, 6.45) is 5.71. The molecule has 0 aromatic carbocycles. The molecule has 7 heteroatoms. The highest BCUT2D eigenvalue weighted by atomic mass is 16.5. The van der Waals surface area contributed by atoms with Crippen LogP contribution in [0, 0.1) is 17.3 Å². The van der Waals surface area contributed by atoms with E-state index in [2.05, 4.69) is 10.6 Å². The minimum absolute atomic E-state index is 0.175. The van der Waals surface area contributed by atoms with Gasteiger partial charge in [0.1, 0.15) is 0 Å².